The van der Waals surface area contributed by atoms with Gasteiger partial charge in [0.15, 0.2) is 0 Å². The fourth-order valence-electron chi connectivity index (χ4n) is 2.23. The number of halogens is 4. The number of benzene rings is 1. The van der Waals surface area contributed by atoms with Crippen LogP contribution >= 0.6 is 0 Å². The molecule has 2 rings (SSSR count). The quantitative estimate of drug-likeness (QED) is 0.620. The highest BCUT2D eigenvalue weighted by atomic mass is 19.4. The summed E-state index contributed by atoms with van der Waals surface area (Å²) in [6.45, 7) is 0. The van der Waals surface area contributed by atoms with Crippen LogP contribution in [0, 0.1) is 5.82 Å². The first-order valence-electron chi connectivity index (χ1n) is 6.34. The lowest BCUT2D eigenvalue weighted by Gasteiger charge is -2.14. The largest absolute Gasteiger partial charge is 0.478 e. The Labute approximate surface area is 135 Å². The van der Waals surface area contributed by atoms with E-state index >= 15 is 0 Å². The maximum atomic E-state index is 13.4. The van der Waals surface area contributed by atoms with Crippen LogP contribution in [-0.2, 0) is 6.18 Å². The average Bonchev–Trinajstić information content (AvgIpc) is 2.44. The van der Waals surface area contributed by atoms with E-state index in [0.717, 1.165) is 6.07 Å². The highest BCUT2D eigenvalue weighted by Crippen LogP contribution is 2.36. The van der Waals surface area contributed by atoms with E-state index in [-0.39, 0.29) is 6.07 Å². The summed E-state index contributed by atoms with van der Waals surface area (Å²) in [6.07, 6.45) is -5.13. The normalized spacial score (nSPS) is 11.4. The molecule has 2 aromatic rings. The van der Waals surface area contributed by atoms with Gasteiger partial charge in [-0.1, -0.05) is 6.07 Å². The Morgan fingerprint density at radius 3 is 2.12 bits per heavy atom. The van der Waals surface area contributed by atoms with Crippen molar-refractivity contribution < 1.29 is 37.4 Å². The molecule has 0 amide bonds. The molecule has 0 atom stereocenters. The second-order valence-electron chi connectivity index (χ2n) is 4.80. The summed E-state index contributed by atoms with van der Waals surface area (Å²) in [7, 11) is 0. The number of aromatic carboxylic acids is 2. The third-order valence-electron chi connectivity index (χ3n) is 3.23. The molecule has 5 N–H and O–H groups in total. The summed E-state index contributed by atoms with van der Waals surface area (Å²) in [5.41, 5.74) is -1.26. The zero-order chi connectivity index (χ0) is 19.1. The van der Waals surface area contributed by atoms with Gasteiger partial charge in [-0.3, -0.25) is 4.79 Å². The Bertz CT molecular complexity index is 949. The summed E-state index contributed by atoms with van der Waals surface area (Å²) in [5, 5.41) is 18.3. The minimum atomic E-state index is -5.13. The first-order chi connectivity index (χ1) is 11.4. The van der Waals surface area contributed by atoms with Gasteiger partial charge >= 0.3 is 18.1 Å². The highest BCUT2D eigenvalue weighted by molar-refractivity contribution is 6.07. The van der Waals surface area contributed by atoms with Gasteiger partial charge in [0.05, 0.1) is 5.56 Å². The van der Waals surface area contributed by atoms with Crippen LogP contribution in [0.4, 0.5) is 23.4 Å². The number of hydrogen-bond donors (Lipinski definition) is 4. The van der Waals surface area contributed by atoms with Crippen molar-refractivity contribution in [3.05, 3.63) is 51.1 Å². The zero-order valence-corrected chi connectivity index (χ0v) is 11.9. The maximum absolute atomic E-state index is 13.4. The Morgan fingerprint density at radius 2 is 1.64 bits per heavy atom. The molecular weight excluding hydrogens is 352 g/mol. The van der Waals surface area contributed by atoms with Crippen LogP contribution in [0.1, 0.15) is 26.3 Å². The number of H-pyrrole nitrogens is 1. The molecule has 1 aromatic carbocycles. The molecule has 7 nitrogen and oxygen atoms in total. The minimum absolute atomic E-state index is 0.211. The smallest absolute Gasteiger partial charge is 0.419 e. The number of nitrogens with one attached hydrogen (secondary N) is 1. The third-order valence-corrected chi connectivity index (χ3v) is 3.23. The van der Waals surface area contributed by atoms with Crippen LogP contribution in [-0.4, -0.2) is 27.1 Å². The van der Waals surface area contributed by atoms with Crippen molar-refractivity contribution in [1.29, 1.82) is 0 Å². The second-order valence-corrected chi connectivity index (χ2v) is 4.80. The second kappa shape index (κ2) is 5.92. The number of nitrogen functional groups attached to an aromatic ring is 1. The summed E-state index contributed by atoms with van der Waals surface area (Å²) in [5.74, 6) is -6.08. The van der Waals surface area contributed by atoms with Crippen LogP contribution in [0.15, 0.2) is 23.0 Å². The van der Waals surface area contributed by atoms with Crippen molar-refractivity contribution in [3.63, 3.8) is 0 Å². The summed E-state index contributed by atoms with van der Waals surface area (Å²) >= 11 is 0. The average molecular weight is 360 g/mol. The number of carbonyl (C=O) groups is 2. The van der Waals surface area contributed by atoms with Crippen LogP contribution in [0.5, 0.6) is 0 Å². The lowest BCUT2D eigenvalue weighted by Crippen LogP contribution is -2.24. The van der Waals surface area contributed by atoms with E-state index in [4.69, 9.17) is 10.8 Å². The number of nitrogens with two attached hydrogens (primary N) is 1. The van der Waals surface area contributed by atoms with Gasteiger partial charge in [0.25, 0.3) is 5.56 Å². The van der Waals surface area contributed by atoms with Gasteiger partial charge in [0.1, 0.15) is 22.8 Å². The van der Waals surface area contributed by atoms with Crippen LogP contribution in [0.25, 0.3) is 11.1 Å². The number of pyridine rings is 1. The highest BCUT2D eigenvalue weighted by Gasteiger charge is 2.35. The van der Waals surface area contributed by atoms with E-state index in [1.165, 1.54) is 0 Å². The fraction of sp³-hybridized carbons (Fsp3) is 0.0714. The lowest BCUT2D eigenvalue weighted by atomic mass is 9.94. The maximum Gasteiger partial charge on any atom is 0.419 e. The Kier molecular flexibility index (Phi) is 4.26. The van der Waals surface area contributed by atoms with Gasteiger partial charge in [-0.15, -0.1) is 0 Å². The van der Waals surface area contributed by atoms with Gasteiger partial charge in [-0.2, -0.15) is 13.2 Å². The number of aromatic nitrogens is 1. The van der Waals surface area contributed by atoms with Gasteiger partial charge in [0, 0.05) is 5.56 Å². The third kappa shape index (κ3) is 3.16. The Balaban J connectivity index is 2.99. The number of carboxylic acid groups (broad SMARTS) is 2. The topological polar surface area (TPSA) is 133 Å². The van der Waals surface area contributed by atoms with Crippen LogP contribution < -0.4 is 11.3 Å². The predicted molar refractivity (Wildman–Crippen MR) is 75.8 cm³/mol. The molecule has 25 heavy (non-hydrogen) atoms. The minimum Gasteiger partial charge on any atom is -0.478 e. The summed E-state index contributed by atoms with van der Waals surface area (Å²) in [6, 6.07) is 1.31. The van der Waals surface area contributed by atoms with Crippen molar-refractivity contribution >= 4 is 17.8 Å². The summed E-state index contributed by atoms with van der Waals surface area (Å²) < 4.78 is 52.0. The molecule has 1 aromatic heterocycles. The van der Waals surface area contributed by atoms with E-state index in [2.05, 4.69) is 0 Å². The molecule has 0 aliphatic rings. The van der Waals surface area contributed by atoms with E-state index in [9.17, 15) is 37.1 Å². The molecule has 0 spiro atoms. The van der Waals surface area contributed by atoms with Gasteiger partial charge < -0.3 is 20.9 Å². The van der Waals surface area contributed by atoms with Gasteiger partial charge in [-0.05, 0) is 17.7 Å². The monoisotopic (exact) mass is 360 g/mol. The molecule has 0 fully saturated rings. The first-order valence-corrected chi connectivity index (χ1v) is 6.34. The van der Waals surface area contributed by atoms with Crippen LogP contribution in [0.2, 0.25) is 0 Å². The van der Waals surface area contributed by atoms with E-state index < -0.39 is 63.1 Å². The number of aromatic amines is 1. The molecule has 0 aliphatic heterocycles. The predicted octanol–water partition coefficient (Wildman–Crippen LogP) is 2.18. The molecule has 0 bridgehead atoms. The number of rotatable bonds is 3. The molecule has 0 saturated carbocycles. The van der Waals surface area contributed by atoms with Crippen molar-refractivity contribution in [1.82, 2.24) is 4.98 Å². The van der Waals surface area contributed by atoms with Crippen molar-refractivity contribution in [2.24, 2.45) is 0 Å². The lowest BCUT2D eigenvalue weighted by molar-refractivity contribution is -0.139. The van der Waals surface area contributed by atoms with Crippen molar-refractivity contribution in [3.8, 4) is 11.1 Å². The van der Waals surface area contributed by atoms with E-state index in [1.807, 2.05) is 0 Å². The molecule has 0 aliphatic carbocycles. The molecule has 132 valence electrons. The summed E-state index contributed by atoms with van der Waals surface area (Å²) in [4.78, 5) is 36.3. The molecular formula is C14H8F4N2O5. The number of alkyl halides is 3. The number of anilines is 1. The standard InChI is InChI=1S/C14H8F4N2O5/c15-6-2-1-4(3-5(6)14(16,17)18)7-8(12(22)23)10(19)20-11(21)9(7)13(24)25/h1-3H,(H,22,23)(H,24,25)(H3,19,20,21). The van der Waals surface area contributed by atoms with E-state index in [1.54, 1.807) is 4.98 Å². The molecule has 0 saturated heterocycles. The number of carboxylic acids is 2. The fourth-order valence-corrected chi connectivity index (χ4v) is 2.23. The molecule has 1 heterocycles. The first kappa shape index (κ1) is 18.0. The number of hydrogen-bond acceptors (Lipinski definition) is 4. The van der Waals surface area contributed by atoms with Gasteiger partial charge in [-0.25, -0.2) is 14.0 Å². The molecule has 0 radical (unpaired) electrons. The zero-order valence-electron chi connectivity index (χ0n) is 11.9. The molecule has 0 unspecified atom stereocenters. The Morgan fingerprint density at radius 1 is 1.08 bits per heavy atom. The SMILES string of the molecule is Nc1[nH]c(=O)c(C(=O)O)c(-c2ccc(F)c(C(F)(F)F)c2)c1C(=O)O. The van der Waals surface area contributed by atoms with Crippen molar-refractivity contribution in [2.45, 2.75) is 6.18 Å². The Hall–Kier alpha value is -3.37. The van der Waals surface area contributed by atoms with Gasteiger partial charge in [0.2, 0.25) is 0 Å². The molecule has 11 heteroatoms. The van der Waals surface area contributed by atoms with E-state index in [0.29, 0.717) is 6.07 Å². The van der Waals surface area contributed by atoms with Crippen LogP contribution in [0.3, 0.4) is 0 Å². The van der Waals surface area contributed by atoms with Crippen molar-refractivity contribution in [2.75, 3.05) is 5.73 Å².